The average Bonchev–Trinajstić information content (AvgIpc) is 2.91. The van der Waals surface area contributed by atoms with E-state index in [1.54, 1.807) is 6.07 Å². The number of amides is 1. The molecule has 1 aliphatic rings. The molecule has 1 aromatic heterocycles. The largest absolute Gasteiger partial charge is 0.322 e. The summed E-state index contributed by atoms with van der Waals surface area (Å²) in [4.78, 5) is 12.5. The lowest BCUT2D eigenvalue weighted by Gasteiger charge is -2.32. The van der Waals surface area contributed by atoms with Crippen molar-refractivity contribution in [1.29, 1.82) is 0 Å². The quantitative estimate of drug-likeness (QED) is 0.847. The number of hydrogen-bond donors (Lipinski definition) is 1. The second-order valence-corrected chi connectivity index (χ2v) is 6.14. The number of carbonyl (C=O) groups is 1. The first-order chi connectivity index (χ1) is 11.4. The van der Waals surface area contributed by atoms with Gasteiger partial charge >= 0.3 is 0 Å². The van der Waals surface area contributed by atoms with E-state index in [0.717, 1.165) is 29.5 Å². The molecule has 0 spiro atoms. The summed E-state index contributed by atoms with van der Waals surface area (Å²) in [6.45, 7) is 6.03. The van der Waals surface area contributed by atoms with Gasteiger partial charge in [0, 0.05) is 24.8 Å². The van der Waals surface area contributed by atoms with Gasteiger partial charge in [-0.25, -0.2) is 8.78 Å². The number of hydrogen-bond acceptors (Lipinski definition) is 2. The number of alkyl halides is 2. The van der Waals surface area contributed by atoms with Crippen molar-refractivity contribution in [2.24, 2.45) is 7.05 Å². The van der Waals surface area contributed by atoms with Crippen LogP contribution in [0, 0.1) is 6.92 Å². The molecule has 1 saturated carbocycles. The second-order valence-electron chi connectivity index (χ2n) is 6.14. The number of nitrogens with one attached hydrogen (secondary N) is 1. The molecule has 1 fully saturated rings. The van der Waals surface area contributed by atoms with Crippen molar-refractivity contribution >= 4 is 11.6 Å². The number of rotatable bonds is 4. The molecule has 1 unspecified atom stereocenters. The molecule has 3 rings (SSSR count). The molecule has 0 radical (unpaired) electrons. The third kappa shape index (κ3) is 2.84. The monoisotopic (exact) mass is 331 g/mol. The van der Waals surface area contributed by atoms with Crippen molar-refractivity contribution in [3.8, 4) is 0 Å². The van der Waals surface area contributed by atoms with Crippen molar-refractivity contribution in [2.75, 3.05) is 5.32 Å². The lowest BCUT2D eigenvalue weighted by Crippen LogP contribution is -2.19. The Morgan fingerprint density at radius 1 is 1.46 bits per heavy atom. The standard InChI is InChI=1S/C18H19F2N3O/c1-10-7-8-12(10)15-11(2)5-4-6-14(15)21-18(24)13-9-23(3)22-16(13)17(19)20/h4-6,9,12,17H,1,7-8H2,2-3H3,(H,21,24). The molecule has 1 atom stereocenters. The van der Waals surface area contributed by atoms with Gasteiger partial charge in [-0.1, -0.05) is 24.3 Å². The van der Waals surface area contributed by atoms with Crippen LogP contribution in [0.5, 0.6) is 0 Å². The van der Waals surface area contributed by atoms with E-state index in [0.29, 0.717) is 5.69 Å². The number of nitrogens with zero attached hydrogens (tertiary/aromatic N) is 2. The maximum Gasteiger partial charge on any atom is 0.282 e. The van der Waals surface area contributed by atoms with Crippen LogP contribution in [0.25, 0.3) is 0 Å². The Hall–Kier alpha value is -2.50. The number of benzene rings is 1. The van der Waals surface area contributed by atoms with Crippen molar-refractivity contribution in [3.05, 3.63) is 58.9 Å². The van der Waals surface area contributed by atoms with Gasteiger partial charge in [0.2, 0.25) is 0 Å². The minimum absolute atomic E-state index is 0.104. The molecule has 126 valence electrons. The predicted octanol–water partition coefficient (Wildman–Crippen LogP) is 4.35. The molecule has 6 heteroatoms. The fraction of sp³-hybridized carbons (Fsp3) is 0.333. The van der Waals surface area contributed by atoms with Gasteiger partial charge in [0.15, 0.2) is 0 Å². The molecule has 1 heterocycles. The smallest absolute Gasteiger partial charge is 0.282 e. The Morgan fingerprint density at radius 3 is 2.79 bits per heavy atom. The van der Waals surface area contributed by atoms with Crippen molar-refractivity contribution in [2.45, 2.75) is 32.1 Å². The minimum Gasteiger partial charge on any atom is -0.322 e. The molecular formula is C18H19F2N3O. The van der Waals surface area contributed by atoms with Crippen LogP contribution in [0.1, 0.15) is 52.4 Å². The summed E-state index contributed by atoms with van der Waals surface area (Å²) >= 11 is 0. The molecule has 1 N–H and O–H groups in total. The van der Waals surface area contributed by atoms with Crippen LogP contribution in [0.15, 0.2) is 36.5 Å². The van der Waals surface area contributed by atoms with Crippen LogP contribution in [0.3, 0.4) is 0 Å². The van der Waals surface area contributed by atoms with Gasteiger partial charge in [-0.15, -0.1) is 0 Å². The average molecular weight is 331 g/mol. The zero-order chi connectivity index (χ0) is 17.4. The zero-order valence-electron chi connectivity index (χ0n) is 13.6. The molecule has 0 bridgehead atoms. The first-order valence-corrected chi connectivity index (χ1v) is 7.78. The first kappa shape index (κ1) is 16.4. The van der Waals surface area contributed by atoms with Gasteiger partial charge in [0.1, 0.15) is 5.69 Å². The van der Waals surface area contributed by atoms with Gasteiger partial charge in [-0.05, 0) is 37.0 Å². The van der Waals surface area contributed by atoms with E-state index >= 15 is 0 Å². The summed E-state index contributed by atoms with van der Waals surface area (Å²) in [6.07, 6.45) is 0.483. The summed E-state index contributed by atoms with van der Waals surface area (Å²) in [5.41, 5.74) is 3.25. The number of aryl methyl sites for hydroxylation is 2. The highest BCUT2D eigenvalue weighted by Gasteiger charge is 2.29. The summed E-state index contributed by atoms with van der Waals surface area (Å²) in [7, 11) is 1.51. The van der Waals surface area contributed by atoms with Crippen molar-refractivity contribution < 1.29 is 13.6 Å². The lowest BCUT2D eigenvalue weighted by atomic mass is 9.74. The van der Waals surface area contributed by atoms with E-state index in [1.807, 2.05) is 19.1 Å². The Labute approximate surface area is 139 Å². The number of aromatic nitrogens is 2. The van der Waals surface area contributed by atoms with Crippen LogP contribution >= 0.6 is 0 Å². The van der Waals surface area contributed by atoms with E-state index < -0.39 is 18.0 Å². The van der Waals surface area contributed by atoms with Gasteiger partial charge in [0.25, 0.3) is 12.3 Å². The second kappa shape index (κ2) is 6.19. The van der Waals surface area contributed by atoms with Crippen LogP contribution < -0.4 is 5.32 Å². The Bertz CT molecular complexity index is 811. The van der Waals surface area contributed by atoms with E-state index in [-0.39, 0.29) is 11.5 Å². The highest BCUT2D eigenvalue weighted by molar-refractivity contribution is 6.05. The third-order valence-electron chi connectivity index (χ3n) is 4.48. The molecule has 1 aromatic carbocycles. The van der Waals surface area contributed by atoms with Crippen LogP contribution in [-0.2, 0) is 7.05 Å². The van der Waals surface area contributed by atoms with Crippen molar-refractivity contribution in [3.63, 3.8) is 0 Å². The number of allylic oxidation sites excluding steroid dienone is 1. The van der Waals surface area contributed by atoms with Crippen molar-refractivity contribution in [1.82, 2.24) is 9.78 Å². The van der Waals surface area contributed by atoms with E-state index in [2.05, 4.69) is 17.0 Å². The first-order valence-electron chi connectivity index (χ1n) is 7.78. The summed E-state index contributed by atoms with van der Waals surface area (Å²) in [6, 6.07) is 5.61. The predicted molar refractivity (Wildman–Crippen MR) is 88.4 cm³/mol. The van der Waals surface area contributed by atoms with E-state index in [9.17, 15) is 13.6 Å². The molecule has 1 aliphatic carbocycles. The van der Waals surface area contributed by atoms with Crippen LogP contribution in [0.2, 0.25) is 0 Å². The Kier molecular flexibility index (Phi) is 4.22. The zero-order valence-corrected chi connectivity index (χ0v) is 13.6. The van der Waals surface area contributed by atoms with Gasteiger partial charge in [0.05, 0.1) is 5.56 Å². The van der Waals surface area contributed by atoms with Gasteiger partial charge in [-0.3, -0.25) is 9.48 Å². The minimum atomic E-state index is -2.80. The normalized spacial score (nSPS) is 17.0. The maximum atomic E-state index is 13.1. The highest BCUT2D eigenvalue weighted by atomic mass is 19.3. The molecule has 2 aromatic rings. The third-order valence-corrected chi connectivity index (χ3v) is 4.48. The van der Waals surface area contributed by atoms with E-state index in [4.69, 9.17) is 0 Å². The molecule has 24 heavy (non-hydrogen) atoms. The Morgan fingerprint density at radius 2 is 2.21 bits per heavy atom. The molecule has 4 nitrogen and oxygen atoms in total. The topological polar surface area (TPSA) is 46.9 Å². The van der Waals surface area contributed by atoms with Crippen LogP contribution in [0.4, 0.5) is 14.5 Å². The molecule has 0 saturated heterocycles. The Balaban J connectivity index is 1.93. The molecule has 0 aliphatic heterocycles. The fourth-order valence-corrected chi connectivity index (χ4v) is 3.12. The highest BCUT2D eigenvalue weighted by Crippen LogP contribution is 2.45. The summed E-state index contributed by atoms with van der Waals surface area (Å²) in [5.74, 6) is -0.361. The van der Waals surface area contributed by atoms with Crippen LogP contribution in [-0.4, -0.2) is 15.7 Å². The van der Waals surface area contributed by atoms with Gasteiger partial charge in [-0.2, -0.15) is 5.10 Å². The summed E-state index contributed by atoms with van der Waals surface area (Å²) in [5, 5.41) is 6.46. The fourth-order valence-electron chi connectivity index (χ4n) is 3.12. The summed E-state index contributed by atoms with van der Waals surface area (Å²) < 4.78 is 27.3. The molecular weight excluding hydrogens is 312 g/mol. The molecule has 1 amide bonds. The van der Waals surface area contributed by atoms with Gasteiger partial charge < -0.3 is 5.32 Å². The number of halogens is 2. The SMILES string of the molecule is C=C1CCC1c1c(C)cccc1NC(=O)c1cn(C)nc1C(F)F. The van der Waals surface area contributed by atoms with E-state index in [1.165, 1.54) is 17.9 Å². The number of anilines is 1. The maximum absolute atomic E-state index is 13.1. The lowest BCUT2D eigenvalue weighted by molar-refractivity contribution is 0.101. The number of carbonyl (C=O) groups excluding carboxylic acids is 1.